The fourth-order valence-electron chi connectivity index (χ4n) is 1.96. The molecule has 0 saturated heterocycles. The van der Waals surface area contributed by atoms with Gasteiger partial charge in [0.1, 0.15) is 0 Å². The quantitative estimate of drug-likeness (QED) is 0.817. The predicted octanol–water partition coefficient (Wildman–Crippen LogP) is 5.34. The number of benzene rings is 2. The van der Waals surface area contributed by atoms with Crippen LogP contribution in [0.3, 0.4) is 0 Å². The van der Waals surface area contributed by atoms with E-state index in [0.717, 1.165) is 6.54 Å². The molecule has 0 atom stereocenters. The van der Waals surface area contributed by atoms with Gasteiger partial charge in [-0.3, -0.25) is 0 Å². The van der Waals surface area contributed by atoms with Crippen LogP contribution < -0.4 is 5.32 Å². The maximum atomic E-state index is 3.51. The first-order valence-corrected chi connectivity index (χ1v) is 8.24. The molecule has 2 heteroatoms. The molecule has 0 fully saturated rings. The molecule has 0 unspecified atom stereocenters. The standard InChI is InChI=1S/C19H25NS/c1-14-6-9-18(12-15(14)2)21-17-10-7-16(8-11-17)13-20-19(3,4)5/h6-12,20H,13H2,1-5H3. The molecule has 0 aliphatic carbocycles. The Kier molecular flexibility index (Phi) is 5.13. The maximum Gasteiger partial charge on any atom is 0.0210 e. The molecule has 112 valence electrons. The summed E-state index contributed by atoms with van der Waals surface area (Å²) in [4.78, 5) is 2.59. The Morgan fingerprint density at radius 1 is 0.857 bits per heavy atom. The molecule has 0 heterocycles. The fraction of sp³-hybridized carbons (Fsp3) is 0.368. The number of aryl methyl sites for hydroxylation is 2. The molecule has 0 aromatic heterocycles. The van der Waals surface area contributed by atoms with Gasteiger partial charge in [-0.1, -0.05) is 30.0 Å². The normalized spacial score (nSPS) is 11.7. The van der Waals surface area contributed by atoms with E-state index in [2.05, 4.69) is 82.4 Å². The van der Waals surface area contributed by atoms with Crippen LogP contribution in [0.1, 0.15) is 37.5 Å². The Hall–Kier alpha value is -1.25. The summed E-state index contributed by atoms with van der Waals surface area (Å²) in [5, 5.41) is 3.51. The van der Waals surface area contributed by atoms with Crippen molar-refractivity contribution >= 4 is 11.8 Å². The fourth-order valence-corrected chi connectivity index (χ4v) is 2.87. The largest absolute Gasteiger partial charge is 0.308 e. The molecule has 0 bridgehead atoms. The van der Waals surface area contributed by atoms with Crippen LogP contribution in [0, 0.1) is 13.8 Å². The highest BCUT2D eigenvalue weighted by atomic mass is 32.2. The molecule has 0 spiro atoms. The van der Waals surface area contributed by atoms with Crippen LogP contribution in [0.4, 0.5) is 0 Å². The lowest BCUT2D eigenvalue weighted by atomic mass is 10.1. The van der Waals surface area contributed by atoms with Gasteiger partial charge in [-0.15, -0.1) is 0 Å². The first-order chi connectivity index (χ1) is 9.83. The Morgan fingerprint density at radius 2 is 1.48 bits per heavy atom. The molecule has 0 amide bonds. The molecule has 21 heavy (non-hydrogen) atoms. The third-order valence-electron chi connectivity index (χ3n) is 3.46. The van der Waals surface area contributed by atoms with Crippen LogP contribution in [0.5, 0.6) is 0 Å². The van der Waals surface area contributed by atoms with Crippen molar-refractivity contribution in [2.24, 2.45) is 0 Å². The summed E-state index contributed by atoms with van der Waals surface area (Å²) in [6.07, 6.45) is 0. The van der Waals surface area contributed by atoms with Crippen molar-refractivity contribution in [3.63, 3.8) is 0 Å². The molecule has 1 N–H and O–H groups in total. The topological polar surface area (TPSA) is 12.0 Å². The molecule has 2 aromatic rings. The van der Waals surface area contributed by atoms with E-state index in [1.54, 1.807) is 0 Å². The van der Waals surface area contributed by atoms with E-state index in [4.69, 9.17) is 0 Å². The third-order valence-corrected chi connectivity index (χ3v) is 4.46. The summed E-state index contributed by atoms with van der Waals surface area (Å²) >= 11 is 1.82. The zero-order valence-corrected chi connectivity index (χ0v) is 14.5. The van der Waals surface area contributed by atoms with Gasteiger partial charge < -0.3 is 5.32 Å². The van der Waals surface area contributed by atoms with Crippen LogP contribution >= 0.6 is 11.8 Å². The highest BCUT2D eigenvalue weighted by Crippen LogP contribution is 2.29. The summed E-state index contributed by atoms with van der Waals surface area (Å²) in [6.45, 7) is 11.8. The SMILES string of the molecule is Cc1ccc(Sc2ccc(CNC(C)(C)C)cc2)cc1C. The lowest BCUT2D eigenvalue weighted by molar-refractivity contribution is 0.424. The first-order valence-electron chi connectivity index (χ1n) is 7.42. The van der Waals surface area contributed by atoms with Crippen LogP contribution in [-0.2, 0) is 6.54 Å². The van der Waals surface area contributed by atoms with E-state index in [1.807, 2.05) is 11.8 Å². The van der Waals surface area contributed by atoms with Crippen LogP contribution in [0.15, 0.2) is 52.3 Å². The van der Waals surface area contributed by atoms with Crippen molar-refractivity contribution < 1.29 is 0 Å². The third kappa shape index (κ3) is 5.22. The van der Waals surface area contributed by atoms with Gasteiger partial charge in [0, 0.05) is 21.9 Å². The number of nitrogens with one attached hydrogen (secondary N) is 1. The van der Waals surface area contributed by atoms with Crippen molar-refractivity contribution in [2.45, 2.75) is 56.5 Å². The lowest BCUT2D eigenvalue weighted by Gasteiger charge is -2.20. The van der Waals surface area contributed by atoms with Crippen molar-refractivity contribution in [3.05, 3.63) is 59.2 Å². The van der Waals surface area contributed by atoms with E-state index < -0.39 is 0 Å². The Balaban J connectivity index is 2.00. The van der Waals surface area contributed by atoms with Gasteiger partial charge in [-0.25, -0.2) is 0 Å². The maximum absolute atomic E-state index is 3.51. The molecular formula is C19H25NS. The van der Waals surface area contributed by atoms with Crippen LogP contribution in [0.2, 0.25) is 0 Å². The number of rotatable bonds is 4. The summed E-state index contributed by atoms with van der Waals surface area (Å²) in [5.74, 6) is 0. The molecule has 1 nitrogen and oxygen atoms in total. The van der Waals surface area contributed by atoms with Crippen LogP contribution in [-0.4, -0.2) is 5.54 Å². The number of hydrogen-bond acceptors (Lipinski definition) is 2. The molecule has 0 radical (unpaired) electrons. The van der Waals surface area contributed by atoms with E-state index >= 15 is 0 Å². The highest BCUT2D eigenvalue weighted by Gasteiger charge is 2.08. The van der Waals surface area contributed by atoms with E-state index in [1.165, 1.54) is 26.5 Å². The van der Waals surface area contributed by atoms with E-state index in [0.29, 0.717) is 0 Å². The van der Waals surface area contributed by atoms with Gasteiger partial charge in [0.05, 0.1) is 0 Å². The van der Waals surface area contributed by atoms with Crippen molar-refractivity contribution in [3.8, 4) is 0 Å². The summed E-state index contributed by atoms with van der Waals surface area (Å²) < 4.78 is 0. The monoisotopic (exact) mass is 299 g/mol. The molecule has 2 rings (SSSR count). The Bertz CT molecular complexity index is 594. The molecular weight excluding hydrogens is 274 g/mol. The Labute approximate surface area is 133 Å². The lowest BCUT2D eigenvalue weighted by Crippen LogP contribution is -2.35. The minimum absolute atomic E-state index is 0.160. The summed E-state index contributed by atoms with van der Waals surface area (Å²) in [5.41, 5.74) is 4.19. The smallest absolute Gasteiger partial charge is 0.0210 e. The zero-order valence-electron chi connectivity index (χ0n) is 13.7. The highest BCUT2D eigenvalue weighted by molar-refractivity contribution is 7.99. The second kappa shape index (κ2) is 6.67. The zero-order chi connectivity index (χ0) is 15.5. The van der Waals surface area contributed by atoms with Gasteiger partial charge in [0.15, 0.2) is 0 Å². The first kappa shape index (κ1) is 16.1. The summed E-state index contributed by atoms with van der Waals surface area (Å²) in [7, 11) is 0. The predicted molar refractivity (Wildman–Crippen MR) is 93.1 cm³/mol. The average molecular weight is 299 g/mol. The van der Waals surface area contributed by atoms with E-state index in [-0.39, 0.29) is 5.54 Å². The second-order valence-electron chi connectivity index (χ2n) is 6.60. The van der Waals surface area contributed by atoms with Crippen molar-refractivity contribution in [1.29, 1.82) is 0 Å². The van der Waals surface area contributed by atoms with Gasteiger partial charge >= 0.3 is 0 Å². The molecule has 0 saturated carbocycles. The van der Waals surface area contributed by atoms with Crippen molar-refractivity contribution in [2.75, 3.05) is 0 Å². The van der Waals surface area contributed by atoms with E-state index in [9.17, 15) is 0 Å². The minimum Gasteiger partial charge on any atom is -0.308 e. The van der Waals surface area contributed by atoms with Gasteiger partial charge in [0.2, 0.25) is 0 Å². The number of hydrogen-bond donors (Lipinski definition) is 1. The average Bonchev–Trinajstić information content (AvgIpc) is 2.41. The van der Waals surface area contributed by atoms with Gasteiger partial charge in [0.25, 0.3) is 0 Å². The van der Waals surface area contributed by atoms with Gasteiger partial charge in [-0.2, -0.15) is 0 Å². The van der Waals surface area contributed by atoms with Gasteiger partial charge in [-0.05, 0) is 75.6 Å². The molecule has 2 aromatic carbocycles. The molecule has 0 aliphatic heterocycles. The second-order valence-corrected chi connectivity index (χ2v) is 7.74. The molecule has 0 aliphatic rings. The Morgan fingerprint density at radius 3 is 2.05 bits per heavy atom. The summed E-state index contributed by atoms with van der Waals surface area (Å²) in [6, 6.07) is 15.5. The van der Waals surface area contributed by atoms with Crippen molar-refractivity contribution in [1.82, 2.24) is 5.32 Å². The minimum atomic E-state index is 0.160. The van der Waals surface area contributed by atoms with Crippen LogP contribution in [0.25, 0.3) is 0 Å².